The van der Waals surface area contributed by atoms with E-state index in [1.54, 1.807) is 0 Å². The van der Waals surface area contributed by atoms with Crippen LogP contribution in [0.3, 0.4) is 0 Å². The van der Waals surface area contributed by atoms with E-state index >= 15 is 0 Å². The summed E-state index contributed by atoms with van der Waals surface area (Å²) in [6.45, 7) is 4.33. The van der Waals surface area contributed by atoms with Gasteiger partial charge in [0.25, 0.3) is 0 Å². The van der Waals surface area contributed by atoms with Crippen molar-refractivity contribution >= 4 is 9.84 Å². The molecule has 3 unspecified atom stereocenters. The molecule has 0 aromatic heterocycles. The fourth-order valence-electron chi connectivity index (χ4n) is 2.54. The van der Waals surface area contributed by atoms with Crippen LogP contribution in [-0.2, 0) is 9.84 Å². The van der Waals surface area contributed by atoms with Crippen LogP contribution in [0.15, 0.2) is 0 Å². The van der Waals surface area contributed by atoms with E-state index in [4.69, 9.17) is 5.84 Å². The zero-order valence-corrected chi connectivity index (χ0v) is 11.1. The molecule has 0 aromatic carbocycles. The van der Waals surface area contributed by atoms with Gasteiger partial charge in [0.15, 0.2) is 9.84 Å². The number of nitrogens with two attached hydrogens (primary N) is 1. The zero-order chi connectivity index (χ0) is 12.2. The second kappa shape index (κ2) is 5.98. The molecule has 1 aliphatic rings. The number of sulfone groups is 1. The van der Waals surface area contributed by atoms with Crippen molar-refractivity contribution in [1.29, 1.82) is 0 Å². The fraction of sp³-hybridized carbons (Fsp3) is 1.00. The molecule has 3 atom stereocenters. The third-order valence-electron chi connectivity index (χ3n) is 3.56. The van der Waals surface area contributed by atoms with Crippen LogP contribution >= 0.6 is 0 Å². The van der Waals surface area contributed by atoms with E-state index < -0.39 is 9.84 Å². The topological polar surface area (TPSA) is 72.2 Å². The largest absolute Gasteiger partial charge is 0.271 e. The van der Waals surface area contributed by atoms with Crippen molar-refractivity contribution in [2.45, 2.75) is 45.6 Å². The lowest BCUT2D eigenvalue weighted by Gasteiger charge is -2.25. The van der Waals surface area contributed by atoms with Gasteiger partial charge >= 0.3 is 0 Å². The number of rotatable bonds is 6. The molecule has 0 spiro atoms. The Bertz CT molecular complexity index is 303. The molecule has 0 bridgehead atoms. The molecule has 3 N–H and O–H groups in total. The molecule has 1 saturated heterocycles. The smallest absolute Gasteiger partial charge is 0.150 e. The first kappa shape index (κ1) is 13.9. The minimum atomic E-state index is -2.76. The number of hydrogen-bond donors (Lipinski definition) is 2. The van der Waals surface area contributed by atoms with Crippen LogP contribution in [0, 0.1) is 11.8 Å². The summed E-state index contributed by atoms with van der Waals surface area (Å²) in [5, 5.41) is 0. The highest BCUT2D eigenvalue weighted by Crippen LogP contribution is 2.26. The maximum Gasteiger partial charge on any atom is 0.150 e. The number of hydrogen-bond acceptors (Lipinski definition) is 4. The lowest BCUT2D eigenvalue weighted by molar-refractivity contribution is 0.304. The Hall–Kier alpha value is -0.130. The van der Waals surface area contributed by atoms with Crippen LogP contribution in [0.25, 0.3) is 0 Å². The molecule has 5 heteroatoms. The SMILES string of the molecule is CCCC(C)C(CC1CCS(=O)(=O)C1)NN. The summed E-state index contributed by atoms with van der Waals surface area (Å²) in [6, 6.07) is 0.248. The first-order chi connectivity index (χ1) is 7.48. The highest BCUT2D eigenvalue weighted by molar-refractivity contribution is 7.91. The minimum absolute atomic E-state index is 0.248. The lowest BCUT2D eigenvalue weighted by Crippen LogP contribution is -2.41. The van der Waals surface area contributed by atoms with Crippen LogP contribution in [0.5, 0.6) is 0 Å². The average Bonchev–Trinajstić information content (AvgIpc) is 2.55. The molecule has 0 amide bonds. The van der Waals surface area contributed by atoms with Gasteiger partial charge in [-0.2, -0.15) is 0 Å². The van der Waals surface area contributed by atoms with Gasteiger partial charge in [0.2, 0.25) is 0 Å². The number of hydrazine groups is 1. The molecule has 1 fully saturated rings. The highest BCUT2D eigenvalue weighted by atomic mass is 32.2. The van der Waals surface area contributed by atoms with E-state index in [1.165, 1.54) is 0 Å². The Morgan fingerprint density at radius 1 is 1.50 bits per heavy atom. The Kier molecular flexibility index (Phi) is 5.21. The van der Waals surface area contributed by atoms with Gasteiger partial charge in [-0.15, -0.1) is 0 Å². The van der Waals surface area contributed by atoms with Crippen LogP contribution in [0.2, 0.25) is 0 Å². The highest BCUT2D eigenvalue weighted by Gasteiger charge is 2.30. The van der Waals surface area contributed by atoms with Crippen molar-refractivity contribution in [3.8, 4) is 0 Å². The van der Waals surface area contributed by atoms with Crippen molar-refractivity contribution in [2.24, 2.45) is 17.7 Å². The van der Waals surface area contributed by atoms with E-state index in [1.807, 2.05) is 0 Å². The van der Waals surface area contributed by atoms with Crippen molar-refractivity contribution in [2.75, 3.05) is 11.5 Å². The second-order valence-corrected chi connectivity index (χ2v) is 7.27. The standard InChI is InChI=1S/C11H24N2O2S/c1-3-4-9(2)11(13-12)7-10-5-6-16(14,15)8-10/h9-11,13H,3-8,12H2,1-2H3. The lowest BCUT2D eigenvalue weighted by atomic mass is 9.89. The van der Waals surface area contributed by atoms with E-state index in [0.717, 1.165) is 25.7 Å². The van der Waals surface area contributed by atoms with E-state index in [9.17, 15) is 8.42 Å². The molecular formula is C11H24N2O2S. The van der Waals surface area contributed by atoms with Crippen LogP contribution in [-0.4, -0.2) is 26.0 Å². The summed E-state index contributed by atoms with van der Waals surface area (Å²) < 4.78 is 22.7. The van der Waals surface area contributed by atoms with Gasteiger partial charge < -0.3 is 0 Å². The summed E-state index contributed by atoms with van der Waals surface area (Å²) in [4.78, 5) is 0. The molecular weight excluding hydrogens is 224 g/mol. The quantitative estimate of drug-likeness (QED) is 0.545. The van der Waals surface area contributed by atoms with Crippen molar-refractivity contribution in [3.05, 3.63) is 0 Å². The van der Waals surface area contributed by atoms with Gasteiger partial charge in [0, 0.05) is 6.04 Å². The molecule has 16 heavy (non-hydrogen) atoms. The molecule has 0 aliphatic carbocycles. The Morgan fingerprint density at radius 2 is 2.19 bits per heavy atom. The number of nitrogens with one attached hydrogen (secondary N) is 1. The normalized spacial score (nSPS) is 27.8. The molecule has 0 saturated carbocycles. The molecule has 0 aromatic rings. The maximum absolute atomic E-state index is 11.4. The zero-order valence-electron chi connectivity index (χ0n) is 10.3. The van der Waals surface area contributed by atoms with Gasteiger partial charge in [-0.25, -0.2) is 8.42 Å². The average molecular weight is 248 g/mol. The van der Waals surface area contributed by atoms with E-state index in [0.29, 0.717) is 23.3 Å². The van der Waals surface area contributed by atoms with Gasteiger partial charge in [-0.1, -0.05) is 20.3 Å². The summed E-state index contributed by atoms with van der Waals surface area (Å²) >= 11 is 0. The predicted molar refractivity (Wildman–Crippen MR) is 66.6 cm³/mol. The minimum Gasteiger partial charge on any atom is -0.271 e. The fourth-order valence-corrected chi connectivity index (χ4v) is 4.42. The first-order valence-electron chi connectivity index (χ1n) is 6.15. The van der Waals surface area contributed by atoms with Crippen molar-refractivity contribution in [3.63, 3.8) is 0 Å². The first-order valence-corrected chi connectivity index (χ1v) is 7.97. The van der Waals surface area contributed by atoms with E-state index in [-0.39, 0.29) is 6.04 Å². The molecule has 0 radical (unpaired) electrons. The molecule has 96 valence electrons. The van der Waals surface area contributed by atoms with Crippen LogP contribution in [0.4, 0.5) is 0 Å². The van der Waals surface area contributed by atoms with Gasteiger partial charge in [-0.3, -0.25) is 11.3 Å². The Morgan fingerprint density at radius 3 is 2.62 bits per heavy atom. The summed E-state index contributed by atoms with van der Waals surface area (Å²) in [7, 11) is -2.76. The summed E-state index contributed by atoms with van der Waals surface area (Å²) in [5.41, 5.74) is 2.85. The second-order valence-electron chi connectivity index (χ2n) is 5.04. The van der Waals surface area contributed by atoms with Crippen molar-refractivity contribution < 1.29 is 8.42 Å². The summed E-state index contributed by atoms with van der Waals surface area (Å²) in [6.07, 6.45) is 3.97. The van der Waals surface area contributed by atoms with Gasteiger partial charge in [-0.05, 0) is 31.1 Å². The van der Waals surface area contributed by atoms with Crippen LogP contribution in [0.1, 0.15) is 39.5 Å². The maximum atomic E-state index is 11.4. The molecule has 1 heterocycles. The predicted octanol–water partition coefficient (Wildman–Crippen LogP) is 1.08. The third-order valence-corrected chi connectivity index (χ3v) is 5.40. The van der Waals surface area contributed by atoms with Gasteiger partial charge in [0.05, 0.1) is 11.5 Å². The molecule has 1 aliphatic heterocycles. The summed E-state index contributed by atoms with van der Waals surface area (Å²) in [5.74, 6) is 7.07. The van der Waals surface area contributed by atoms with Crippen molar-refractivity contribution in [1.82, 2.24) is 5.43 Å². The van der Waals surface area contributed by atoms with Gasteiger partial charge in [0.1, 0.15) is 0 Å². The Balaban J connectivity index is 2.45. The molecule has 4 nitrogen and oxygen atoms in total. The van der Waals surface area contributed by atoms with E-state index in [2.05, 4.69) is 19.3 Å². The monoisotopic (exact) mass is 248 g/mol. The third kappa shape index (κ3) is 4.03. The van der Waals surface area contributed by atoms with Crippen LogP contribution < -0.4 is 11.3 Å². The molecule has 1 rings (SSSR count). The Labute approximate surface area is 98.9 Å².